The van der Waals surface area contributed by atoms with Crippen LogP contribution in [0.4, 0.5) is 11.4 Å². The third-order valence-electron chi connectivity index (χ3n) is 2.72. The van der Waals surface area contributed by atoms with Crippen LogP contribution in [0.1, 0.15) is 0 Å². The van der Waals surface area contributed by atoms with Gasteiger partial charge in [0.25, 0.3) is 10.0 Å². The van der Waals surface area contributed by atoms with Crippen LogP contribution in [0.15, 0.2) is 34.8 Å². The Hall–Kier alpha value is -1.64. The number of sulfonamides is 1. The summed E-state index contributed by atoms with van der Waals surface area (Å²) in [6.45, 7) is -0.269. The molecule has 0 bridgehead atoms. The molecule has 3 rings (SSSR count). The quantitative estimate of drug-likeness (QED) is 0.913. The monoisotopic (exact) mass is 329 g/mol. The van der Waals surface area contributed by atoms with Crippen molar-refractivity contribution in [1.29, 1.82) is 0 Å². The van der Waals surface area contributed by atoms with Crippen LogP contribution in [0.2, 0.25) is 4.34 Å². The van der Waals surface area contributed by atoms with Gasteiger partial charge in [0, 0.05) is 6.20 Å². The fourth-order valence-electron chi connectivity index (χ4n) is 1.87. The third kappa shape index (κ3) is 2.15. The second kappa shape index (κ2) is 4.72. The Bertz CT molecular complexity index is 788. The highest BCUT2D eigenvalue weighted by Gasteiger charge is 2.33. The third-order valence-corrected chi connectivity index (χ3v) is 6.18. The van der Waals surface area contributed by atoms with E-state index in [-0.39, 0.29) is 10.8 Å². The van der Waals surface area contributed by atoms with Gasteiger partial charge in [-0.15, -0.1) is 11.3 Å². The van der Waals surface area contributed by atoms with Crippen LogP contribution < -0.4 is 9.62 Å². The first-order valence-corrected chi connectivity index (χ1v) is 8.14. The Morgan fingerprint density at radius 3 is 2.85 bits per heavy atom. The van der Waals surface area contributed by atoms with Gasteiger partial charge in [0.15, 0.2) is 0 Å². The normalized spacial score (nSPS) is 14.8. The highest BCUT2D eigenvalue weighted by atomic mass is 35.5. The van der Waals surface area contributed by atoms with Crippen LogP contribution >= 0.6 is 22.9 Å². The van der Waals surface area contributed by atoms with Crippen LogP contribution in [-0.2, 0) is 14.8 Å². The van der Waals surface area contributed by atoms with Gasteiger partial charge in [-0.2, -0.15) is 0 Å². The van der Waals surface area contributed by atoms with Gasteiger partial charge in [0.1, 0.15) is 10.8 Å². The predicted octanol–water partition coefficient (Wildman–Crippen LogP) is 1.94. The Morgan fingerprint density at radius 1 is 1.35 bits per heavy atom. The molecule has 0 fully saturated rings. The fraction of sp³-hybridized carbons (Fsp3) is 0.0909. The minimum Gasteiger partial charge on any atom is -0.321 e. The van der Waals surface area contributed by atoms with Gasteiger partial charge in [-0.3, -0.25) is 14.1 Å². The molecule has 3 heterocycles. The number of carbonyl (C=O) groups is 1. The minimum atomic E-state index is -3.81. The van der Waals surface area contributed by atoms with Crippen molar-refractivity contribution in [2.24, 2.45) is 0 Å². The molecule has 0 aromatic carbocycles. The molecule has 0 atom stereocenters. The van der Waals surface area contributed by atoms with Gasteiger partial charge in [0.05, 0.1) is 21.9 Å². The van der Waals surface area contributed by atoms with E-state index in [1.807, 2.05) is 0 Å². The Morgan fingerprint density at radius 2 is 2.15 bits per heavy atom. The number of anilines is 2. The van der Waals surface area contributed by atoms with Gasteiger partial charge in [-0.1, -0.05) is 11.6 Å². The second-order valence-corrected chi connectivity index (χ2v) is 7.82. The van der Waals surface area contributed by atoms with Gasteiger partial charge >= 0.3 is 0 Å². The number of hydrogen-bond acceptors (Lipinski definition) is 5. The number of pyridine rings is 1. The van der Waals surface area contributed by atoms with E-state index in [1.165, 1.54) is 24.5 Å². The van der Waals surface area contributed by atoms with Crippen molar-refractivity contribution in [3.05, 3.63) is 34.9 Å². The zero-order chi connectivity index (χ0) is 14.3. The number of aromatic nitrogens is 1. The summed E-state index contributed by atoms with van der Waals surface area (Å²) in [6, 6.07) is 4.48. The molecule has 0 spiro atoms. The maximum absolute atomic E-state index is 12.6. The number of hydrogen-bond donors (Lipinski definition) is 1. The standard InChI is InChI=1S/C11H8ClN3O3S2/c12-9-1-2-11(19-9)20(17,18)15-6-10(16)14-7-5-13-4-3-8(7)15/h1-5H,6H2,(H,14,16). The van der Waals surface area contributed by atoms with Crippen LogP contribution in [0.3, 0.4) is 0 Å². The zero-order valence-electron chi connectivity index (χ0n) is 9.91. The topological polar surface area (TPSA) is 79.4 Å². The Balaban J connectivity index is 2.13. The smallest absolute Gasteiger partial charge is 0.274 e. The van der Waals surface area contributed by atoms with Crippen LogP contribution in [0.5, 0.6) is 0 Å². The summed E-state index contributed by atoms with van der Waals surface area (Å²) in [5, 5.41) is 2.59. The molecule has 0 unspecified atom stereocenters. The molecule has 104 valence electrons. The summed E-state index contributed by atoms with van der Waals surface area (Å²) in [4.78, 5) is 15.5. The average Bonchev–Trinajstić information content (AvgIpc) is 2.85. The van der Waals surface area contributed by atoms with Gasteiger partial charge in [0.2, 0.25) is 5.91 Å². The van der Waals surface area contributed by atoms with E-state index in [0.29, 0.717) is 15.7 Å². The highest BCUT2D eigenvalue weighted by Crippen LogP contribution is 2.35. The largest absolute Gasteiger partial charge is 0.321 e. The molecule has 20 heavy (non-hydrogen) atoms. The van der Waals surface area contributed by atoms with E-state index in [9.17, 15) is 13.2 Å². The molecule has 0 radical (unpaired) electrons. The predicted molar refractivity (Wildman–Crippen MR) is 76.7 cm³/mol. The lowest BCUT2D eigenvalue weighted by atomic mass is 10.3. The maximum atomic E-state index is 12.6. The maximum Gasteiger partial charge on any atom is 0.274 e. The zero-order valence-corrected chi connectivity index (χ0v) is 12.3. The van der Waals surface area contributed by atoms with E-state index in [1.54, 1.807) is 6.07 Å². The molecule has 2 aromatic rings. The molecule has 1 amide bonds. The molecule has 0 saturated carbocycles. The Labute approximate surface area is 124 Å². The fourth-order valence-corrected chi connectivity index (χ4v) is 4.90. The van der Waals surface area contributed by atoms with E-state index in [0.717, 1.165) is 15.6 Å². The lowest BCUT2D eigenvalue weighted by Crippen LogP contribution is -2.41. The lowest BCUT2D eigenvalue weighted by molar-refractivity contribution is -0.115. The number of nitrogens with zero attached hydrogens (tertiary/aromatic N) is 2. The van der Waals surface area contributed by atoms with Crippen molar-refractivity contribution in [3.8, 4) is 0 Å². The van der Waals surface area contributed by atoms with E-state index in [4.69, 9.17) is 11.6 Å². The number of fused-ring (bicyclic) bond motifs is 1. The van der Waals surface area contributed by atoms with Crippen molar-refractivity contribution in [2.75, 3.05) is 16.2 Å². The lowest BCUT2D eigenvalue weighted by Gasteiger charge is -2.29. The molecule has 6 nitrogen and oxygen atoms in total. The molecular weight excluding hydrogens is 322 g/mol. The summed E-state index contributed by atoms with van der Waals surface area (Å²) < 4.78 is 26.7. The first-order chi connectivity index (χ1) is 9.48. The summed E-state index contributed by atoms with van der Waals surface area (Å²) in [5.41, 5.74) is 0.763. The van der Waals surface area contributed by atoms with Crippen molar-refractivity contribution in [3.63, 3.8) is 0 Å². The molecule has 1 N–H and O–H groups in total. The molecule has 9 heteroatoms. The number of rotatable bonds is 2. The summed E-state index contributed by atoms with van der Waals surface area (Å²) in [5.74, 6) is -0.406. The summed E-state index contributed by atoms with van der Waals surface area (Å²) >= 11 is 6.73. The average molecular weight is 330 g/mol. The number of halogens is 1. The van der Waals surface area contributed by atoms with E-state index < -0.39 is 15.9 Å². The van der Waals surface area contributed by atoms with E-state index >= 15 is 0 Å². The van der Waals surface area contributed by atoms with E-state index in [2.05, 4.69) is 10.3 Å². The van der Waals surface area contributed by atoms with Crippen LogP contribution in [-0.4, -0.2) is 25.9 Å². The minimum absolute atomic E-state index is 0.0972. The molecular formula is C11H8ClN3O3S2. The van der Waals surface area contributed by atoms with Crippen molar-refractivity contribution >= 4 is 50.2 Å². The SMILES string of the molecule is O=C1CN(S(=O)(=O)c2ccc(Cl)s2)c2ccncc2N1. The van der Waals surface area contributed by atoms with Gasteiger partial charge < -0.3 is 5.32 Å². The van der Waals surface area contributed by atoms with Crippen molar-refractivity contribution in [1.82, 2.24) is 4.98 Å². The molecule has 0 saturated heterocycles. The number of thiophene rings is 1. The van der Waals surface area contributed by atoms with Crippen LogP contribution in [0.25, 0.3) is 0 Å². The van der Waals surface area contributed by atoms with Gasteiger partial charge in [-0.25, -0.2) is 8.42 Å². The first kappa shape index (κ1) is 13.3. The van der Waals surface area contributed by atoms with Gasteiger partial charge in [-0.05, 0) is 18.2 Å². The number of amides is 1. The highest BCUT2D eigenvalue weighted by molar-refractivity contribution is 7.94. The Kier molecular flexibility index (Phi) is 3.15. The van der Waals surface area contributed by atoms with Crippen molar-refractivity contribution < 1.29 is 13.2 Å². The molecule has 1 aliphatic rings. The molecule has 2 aromatic heterocycles. The second-order valence-electron chi connectivity index (χ2n) is 4.01. The van der Waals surface area contributed by atoms with Crippen LogP contribution in [0, 0.1) is 0 Å². The number of carbonyl (C=O) groups excluding carboxylic acids is 1. The summed E-state index contributed by atoms with van der Waals surface area (Å²) in [7, 11) is -3.81. The van der Waals surface area contributed by atoms with Crippen molar-refractivity contribution in [2.45, 2.75) is 4.21 Å². The summed E-state index contributed by atoms with van der Waals surface area (Å²) in [6.07, 6.45) is 2.89. The molecule has 1 aliphatic heterocycles. The number of nitrogens with one attached hydrogen (secondary N) is 1. The molecule has 0 aliphatic carbocycles. The first-order valence-electron chi connectivity index (χ1n) is 5.50.